The molecule has 0 aliphatic rings. The van der Waals surface area contributed by atoms with Crippen LogP contribution in [0.5, 0.6) is 0 Å². The molecular formula is C16H22N2S. The van der Waals surface area contributed by atoms with Crippen LogP contribution in [0.25, 0.3) is 0 Å². The fraction of sp³-hybridized carbons (Fsp3) is 0.375. The van der Waals surface area contributed by atoms with Crippen LogP contribution in [0, 0.1) is 6.92 Å². The molecule has 1 atom stereocenters. The van der Waals surface area contributed by atoms with Crippen molar-refractivity contribution < 1.29 is 0 Å². The van der Waals surface area contributed by atoms with Gasteiger partial charge in [-0.15, -0.1) is 11.3 Å². The van der Waals surface area contributed by atoms with Crippen molar-refractivity contribution in [3.8, 4) is 0 Å². The molecule has 0 amide bonds. The molecule has 1 aromatic carbocycles. The second-order valence-corrected chi connectivity index (χ2v) is 5.95. The summed E-state index contributed by atoms with van der Waals surface area (Å²) < 4.78 is 0. The van der Waals surface area contributed by atoms with Gasteiger partial charge < -0.3 is 10.6 Å². The smallest absolute Gasteiger partial charge is 0.0603 e. The maximum absolute atomic E-state index is 5.73. The van der Waals surface area contributed by atoms with Crippen molar-refractivity contribution in [3.63, 3.8) is 0 Å². The largest absolute Gasteiger partial charge is 0.367 e. The summed E-state index contributed by atoms with van der Waals surface area (Å²) >= 11 is 1.81. The molecule has 0 aliphatic heterocycles. The third-order valence-corrected chi connectivity index (χ3v) is 4.61. The van der Waals surface area contributed by atoms with E-state index in [2.05, 4.69) is 61.5 Å². The summed E-state index contributed by atoms with van der Waals surface area (Å²) in [6.45, 7) is 5.07. The highest BCUT2D eigenvalue weighted by atomic mass is 32.1. The van der Waals surface area contributed by atoms with Crippen molar-refractivity contribution in [3.05, 3.63) is 51.7 Å². The lowest BCUT2D eigenvalue weighted by Crippen LogP contribution is -2.22. The summed E-state index contributed by atoms with van der Waals surface area (Å²) in [7, 11) is 2.16. The number of thiophene rings is 1. The molecule has 1 unspecified atom stereocenters. The highest BCUT2D eigenvalue weighted by molar-refractivity contribution is 7.10. The van der Waals surface area contributed by atoms with Crippen LogP contribution in [0.3, 0.4) is 0 Å². The second-order valence-electron chi connectivity index (χ2n) is 4.97. The molecule has 0 saturated carbocycles. The van der Waals surface area contributed by atoms with Gasteiger partial charge in [0.25, 0.3) is 0 Å². The van der Waals surface area contributed by atoms with E-state index in [1.165, 1.54) is 21.7 Å². The summed E-state index contributed by atoms with van der Waals surface area (Å²) in [6, 6.07) is 11.3. The molecule has 102 valence electrons. The van der Waals surface area contributed by atoms with E-state index in [1.54, 1.807) is 0 Å². The van der Waals surface area contributed by atoms with Gasteiger partial charge in [0, 0.05) is 17.6 Å². The lowest BCUT2D eigenvalue weighted by molar-refractivity contribution is 0.747. The van der Waals surface area contributed by atoms with E-state index < -0.39 is 0 Å². The molecule has 3 heteroatoms. The predicted octanol–water partition coefficient (Wildman–Crippen LogP) is 3.76. The Morgan fingerprint density at radius 1 is 1.32 bits per heavy atom. The van der Waals surface area contributed by atoms with Gasteiger partial charge in [-0.25, -0.2) is 0 Å². The van der Waals surface area contributed by atoms with Gasteiger partial charge in [-0.3, -0.25) is 0 Å². The quantitative estimate of drug-likeness (QED) is 0.899. The number of rotatable bonds is 5. The van der Waals surface area contributed by atoms with Crippen molar-refractivity contribution in [1.29, 1.82) is 0 Å². The lowest BCUT2D eigenvalue weighted by atomic mass is 10.0. The average Bonchev–Trinajstić information content (AvgIpc) is 2.91. The van der Waals surface area contributed by atoms with E-state index in [1.807, 2.05) is 11.3 Å². The van der Waals surface area contributed by atoms with Gasteiger partial charge in [0.1, 0.15) is 0 Å². The summed E-state index contributed by atoms with van der Waals surface area (Å²) in [6.07, 6.45) is 0.929. The van der Waals surface area contributed by atoms with Gasteiger partial charge in [0.2, 0.25) is 0 Å². The van der Waals surface area contributed by atoms with Gasteiger partial charge in [0.05, 0.1) is 6.04 Å². The van der Waals surface area contributed by atoms with Crippen LogP contribution in [0.15, 0.2) is 35.7 Å². The molecule has 0 fully saturated rings. The molecule has 2 nitrogen and oxygen atoms in total. The SMILES string of the molecule is Cc1ccc(N(C)C(C)c2cccs2)c(CCN)c1. The van der Waals surface area contributed by atoms with Crippen molar-refractivity contribution in [1.82, 2.24) is 0 Å². The van der Waals surface area contributed by atoms with Crippen LogP contribution in [0.2, 0.25) is 0 Å². The Morgan fingerprint density at radius 3 is 2.74 bits per heavy atom. The molecule has 0 bridgehead atoms. The Bertz CT molecular complexity index is 520. The fourth-order valence-electron chi connectivity index (χ4n) is 2.34. The van der Waals surface area contributed by atoms with Crippen LogP contribution >= 0.6 is 11.3 Å². The number of nitrogens with two attached hydrogens (primary N) is 1. The number of hydrogen-bond donors (Lipinski definition) is 1. The van der Waals surface area contributed by atoms with Crippen molar-refractivity contribution in [2.24, 2.45) is 5.73 Å². The molecule has 2 N–H and O–H groups in total. The molecule has 19 heavy (non-hydrogen) atoms. The lowest BCUT2D eigenvalue weighted by Gasteiger charge is -2.28. The molecule has 1 aromatic heterocycles. The van der Waals surface area contributed by atoms with E-state index in [0.29, 0.717) is 12.6 Å². The Balaban J connectivity index is 2.30. The zero-order chi connectivity index (χ0) is 13.8. The molecule has 0 aliphatic carbocycles. The van der Waals surface area contributed by atoms with Crippen molar-refractivity contribution in [2.45, 2.75) is 26.3 Å². The van der Waals surface area contributed by atoms with Crippen molar-refractivity contribution in [2.75, 3.05) is 18.5 Å². The van der Waals surface area contributed by atoms with Crippen LogP contribution in [0.1, 0.15) is 29.0 Å². The standard InChI is InChI=1S/C16H22N2S/c1-12-6-7-15(14(11-12)8-9-17)18(3)13(2)16-5-4-10-19-16/h4-7,10-11,13H,8-9,17H2,1-3H3. The van der Waals surface area contributed by atoms with E-state index in [-0.39, 0.29) is 0 Å². The Hall–Kier alpha value is -1.32. The first-order valence-corrected chi connectivity index (χ1v) is 7.57. The zero-order valence-corrected chi connectivity index (χ0v) is 12.7. The Kier molecular flexibility index (Phi) is 4.61. The topological polar surface area (TPSA) is 29.3 Å². The van der Waals surface area contributed by atoms with E-state index >= 15 is 0 Å². The van der Waals surface area contributed by atoms with Gasteiger partial charge in [-0.1, -0.05) is 23.8 Å². The fourth-order valence-corrected chi connectivity index (χ4v) is 3.17. The molecule has 0 radical (unpaired) electrons. The first-order valence-electron chi connectivity index (χ1n) is 6.69. The molecule has 0 saturated heterocycles. The minimum Gasteiger partial charge on any atom is -0.367 e. The van der Waals surface area contributed by atoms with E-state index in [9.17, 15) is 0 Å². The Morgan fingerprint density at radius 2 is 2.11 bits per heavy atom. The number of benzene rings is 1. The molecule has 1 heterocycles. The minimum absolute atomic E-state index is 0.388. The second kappa shape index (κ2) is 6.22. The van der Waals surface area contributed by atoms with Gasteiger partial charge in [-0.2, -0.15) is 0 Å². The monoisotopic (exact) mass is 274 g/mol. The first kappa shape index (κ1) is 14.1. The summed E-state index contributed by atoms with van der Waals surface area (Å²) in [5.74, 6) is 0. The van der Waals surface area contributed by atoms with Crippen LogP contribution in [-0.4, -0.2) is 13.6 Å². The van der Waals surface area contributed by atoms with E-state index in [4.69, 9.17) is 5.73 Å². The summed E-state index contributed by atoms with van der Waals surface area (Å²) in [4.78, 5) is 3.73. The van der Waals surface area contributed by atoms with Crippen LogP contribution in [0.4, 0.5) is 5.69 Å². The number of aryl methyl sites for hydroxylation is 1. The first-order chi connectivity index (χ1) is 9.13. The van der Waals surface area contributed by atoms with Crippen LogP contribution < -0.4 is 10.6 Å². The highest BCUT2D eigenvalue weighted by Gasteiger charge is 2.15. The normalized spacial score (nSPS) is 12.4. The zero-order valence-electron chi connectivity index (χ0n) is 11.9. The number of anilines is 1. The summed E-state index contributed by atoms with van der Waals surface area (Å²) in [5, 5.41) is 2.13. The van der Waals surface area contributed by atoms with Crippen molar-refractivity contribution >= 4 is 17.0 Å². The predicted molar refractivity (Wildman–Crippen MR) is 85.1 cm³/mol. The molecule has 0 spiro atoms. The highest BCUT2D eigenvalue weighted by Crippen LogP contribution is 2.31. The minimum atomic E-state index is 0.388. The third kappa shape index (κ3) is 3.17. The Labute approximate surface area is 119 Å². The number of hydrogen-bond acceptors (Lipinski definition) is 3. The maximum Gasteiger partial charge on any atom is 0.0603 e. The van der Waals surface area contributed by atoms with Crippen LogP contribution in [-0.2, 0) is 6.42 Å². The summed E-state index contributed by atoms with van der Waals surface area (Å²) in [5.41, 5.74) is 9.66. The van der Waals surface area contributed by atoms with Gasteiger partial charge >= 0.3 is 0 Å². The van der Waals surface area contributed by atoms with Gasteiger partial charge in [0.15, 0.2) is 0 Å². The third-order valence-electron chi connectivity index (χ3n) is 3.56. The molecule has 2 rings (SSSR count). The average molecular weight is 274 g/mol. The number of nitrogens with zero attached hydrogens (tertiary/aromatic N) is 1. The molecular weight excluding hydrogens is 252 g/mol. The maximum atomic E-state index is 5.73. The molecule has 2 aromatic rings. The van der Waals surface area contributed by atoms with Gasteiger partial charge in [-0.05, 0) is 49.9 Å². The van der Waals surface area contributed by atoms with E-state index in [0.717, 1.165) is 6.42 Å².